The molecule has 1 atom stereocenters. The monoisotopic (exact) mass is 399 g/mol. The summed E-state index contributed by atoms with van der Waals surface area (Å²) in [6, 6.07) is 11.7. The molecule has 1 saturated heterocycles. The van der Waals surface area contributed by atoms with Gasteiger partial charge < -0.3 is 5.32 Å². The van der Waals surface area contributed by atoms with E-state index in [2.05, 4.69) is 5.32 Å². The van der Waals surface area contributed by atoms with Crippen LogP contribution >= 0.6 is 11.6 Å². The van der Waals surface area contributed by atoms with Gasteiger partial charge in [-0.3, -0.25) is 24.2 Å². The van der Waals surface area contributed by atoms with E-state index >= 15 is 0 Å². The summed E-state index contributed by atoms with van der Waals surface area (Å²) in [5.74, 6) is -1.25. The normalized spacial score (nSPS) is 16.5. The Kier molecular flexibility index (Phi) is 5.46. The van der Waals surface area contributed by atoms with E-state index in [0.717, 1.165) is 4.90 Å². The first-order chi connectivity index (χ1) is 13.3. The van der Waals surface area contributed by atoms with Crippen LogP contribution in [0, 0.1) is 0 Å². The number of imide groups is 1. The molecule has 1 aliphatic heterocycles. The van der Waals surface area contributed by atoms with Crippen LogP contribution in [0.15, 0.2) is 48.5 Å². The zero-order chi connectivity index (χ0) is 20.4. The van der Waals surface area contributed by atoms with Gasteiger partial charge in [-0.05, 0) is 50.2 Å². The second-order valence-electron chi connectivity index (χ2n) is 6.38. The van der Waals surface area contributed by atoms with Crippen molar-refractivity contribution in [1.29, 1.82) is 0 Å². The van der Waals surface area contributed by atoms with E-state index < -0.39 is 30.4 Å². The Morgan fingerprint density at radius 1 is 1.07 bits per heavy atom. The van der Waals surface area contributed by atoms with Crippen molar-refractivity contribution in [3.05, 3.63) is 59.1 Å². The third kappa shape index (κ3) is 3.75. The van der Waals surface area contributed by atoms with Crippen LogP contribution in [0.4, 0.5) is 16.2 Å². The number of halogens is 1. The summed E-state index contributed by atoms with van der Waals surface area (Å²) in [6.07, 6.45) is 0. The molecule has 0 radical (unpaired) electrons. The second-order valence-corrected chi connectivity index (χ2v) is 6.82. The number of nitrogens with one attached hydrogen (secondary N) is 1. The molecule has 3 rings (SSSR count). The third-order valence-electron chi connectivity index (χ3n) is 4.43. The van der Waals surface area contributed by atoms with E-state index in [4.69, 9.17) is 11.6 Å². The van der Waals surface area contributed by atoms with Crippen LogP contribution in [0.2, 0.25) is 5.02 Å². The lowest BCUT2D eigenvalue weighted by Crippen LogP contribution is -2.39. The van der Waals surface area contributed by atoms with Crippen LogP contribution in [-0.4, -0.2) is 41.1 Å². The summed E-state index contributed by atoms with van der Waals surface area (Å²) in [7, 11) is 0. The quantitative estimate of drug-likeness (QED) is 0.617. The molecule has 2 aromatic carbocycles. The van der Waals surface area contributed by atoms with E-state index in [1.165, 1.54) is 11.8 Å². The van der Waals surface area contributed by atoms with Gasteiger partial charge in [0.15, 0.2) is 5.78 Å². The van der Waals surface area contributed by atoms with Crippen molar-refractivity contribution < 1.29 is 19.2 Å². The van der Waals surface area contributed by atoms with E-state index in [0.29, 0.717) is 22.0 Å². The molecule has 1 aliphatic rings. The molecular weight excluding hydrogens is 382 g/mol. The molecule has 0 aromatic heterocycles. The lowest BCUT2D eigenvalue weighted by Gasteiger charge is -2.19. The zero-order valence-corrected chi connectivity index (χ0v) is 16.1. The van der Waals surface area contributed by atoms with Crippen LogP contribution in [-0.2, 0) is 9.59 Å². The molecule has 7 nitrogen and oxygen atoms in total. The maximum absolute atomic E-state index is 12.7. The number of carbonyl (C=O) groups excluding carboxylic acids is 4. The molecule has 1 heterocycles. The molecule has 0 spiro atoms. The van der Waals surface area contributed by atoms with Gasteiger partial charge in [-0.15, -0.1) is 0 Å². The lowest BCUT2D eigenvalue weighted by atomic mass is 10.1. The van der Waals surface area contributed by atoms with Gasteiger partial charge in [-0.2, -0.15) is 0 Å². The first-order valence-electron chi connectivity index (χ1n) is 8.59. The standard InChI is InChI=1S/C20H18ClN3O4/c1-12-19(27)23(20(28)24(12)15-9-7-14(21)8-10-15)11-18(26)22-17-6-4-3-5-16(17)13(2)25/h3-10,12H,11H2,1-2H3,(H,22,26)/t12-/m1/s1. The predicted molar refractivity (Wildman–Crippen MR) is 106 cm³/mol. The van der Waals surface area contributed by atoms with Crippen molar-refractivity contribution in [3.8, 4) is 0 Å². The number of hydrogen-bond acceptors (Lipinski definition) is 4. The van der Waals surface area contributed by atoms with E-state index in [-0.39, 0.29) is 5.78 Å². The van der Waals surface area contributed by atoms with Crippen molar-refractivity contribution >= 4 is 46.6 Å². The highest BCUT2D eigenvalue weighted by Crippen LogP contribution is 2.27. The van der Waals surface area contributed by atoms with Gasteiger partial charge in [0.1, 0.15) is 12.6 Å². The van der Waals surface area contributed by atoms with Gasteiger partial charge in [-0.1, -0.05) is 23.7 Å². The SMILES string of the molecule is CC(=O)c1ccccc1NC(=O)CN1C(=O)[C@@H](C)N(c2ccc(Cl)cc2)C1=O. The number of para-hydroxylation sites is 1. The molecule has 0 aliphatic carbocycles. The minimum Gasteiger partial charge on any atom is -0.324 e. The number of Topliss-reactive ketones (excluding diaryl/α,β-unsaturated/α-hetero) is 1. The molecule has 1 N–H and O–H groups in total. The number of benzene rings is 2. The van der Waals surface area contributed by atoms with Crippen LogP contribution in [0.3, 0.4) is 0 Å². The Labute approximate surface area is 166 Å². The number of ketones is 1. The van der Waals surface area contributed by atoms with Crippen LogP contribution < -0.4 is 10.2 Å². The fraction of sp³-hybridized carbons (Fsp3) is 0.200. The number of hydrogen-bond donors (Lipinski definition) is 1. The molecule has 2 aromatic rings. The summed E-state index contributed by atoms with van der Waals surface area (Å²) in [5.41, 5.74) is 1.20. The smallest absolute Gasteiger partial charge is 0.324 e. The molecule has 0 bridgehead atoms. The molecular formula is C20H18ClN3O4. The zero-order valence-electron chi connectivity index (χ0n) is 15.3. The topological polar surface area (TPSA) is 86.8 Å². The van der Waals surface area contributed by atoms with E-state index in [1.807, 2.05) is 0 Å². The van der Waals surface area contributed by atoms with Gasteiger partial charge in [0.05, 0.1) is 5.69 Å². The maximum atomic E-state index is 12.7. The van der Waals surface area contributed by atoms with Gasteiger partial charge in [-0.25, -0.2) is 4.79 Å². The number of urea groups is 1. The fourth-order valence-corrected chi connectivity index (χ4v) is 3.17. The van der Waals surface area contributed by atoms with Crippen LogP contribution in [0.5, 0.6) is 0 Å². The summed E-state index contributed by atoms with van der Waals surface area (Å²) in [4.78, 5) is 51.6. The molecule has 144 valence electrons. The number of anilines is 2. The Balaban J connectivity index is 1.76. The average molecular weight is 400 g/mol. The lowest BCUT2D eigenvalue weighted by molar-refractivity contribution is -0.130. The predicted octanol–water partition coefficient (Wildman–Crippen LogP) is 3.34. The van der Waals surface area contributed by atoms with Crippen molar-refractivity contribution in [3.63, 3.8) is 0 Å². The third-order valence-corrected chi connectivity index (χ3v) is 4.69. The summed E-state index contributed by atoms with van der Waals surface area (Å²) < 4.78 is 0. The van der Waals surface area contributed by atoms with Crippen molar-refractivity contribution in [1.82, 2.24) is 4.90 Å². The highest BCUT2D eigenvalue weighted by atomic mass is 35.5. The summed E-state index contributed by atoms with van der Waals surface area (Å²) in [6.45, 7) is 2.54. The summed E-state index contributed by atoms with van der Waals surface area (Å²) >= 11 is 5.87. The molecule has 4 amide bonds. The molecule has 1 fully saturated rings. The highest BCUT2D eigenvalue weighted by Gasteiger charge is 2.44. The van der Waals surface area contributed by atoms with Crippen molar-refractivity contribution in [2.75, 3.05) is 16.8 Å². The highest BCUT2D eigenvalue weighted by molar-refractivity contribution is 6.30. The second kappa shape index (κ2) is 7.82. The Morgan fingerprint density at radius 2 is 1.71 bits per heavy atom. The van der Waals surface area contributed by atoms with Gasteiger partial charge in [0.2, 0.25) is 5.91 Å². The molecule has 0 saturated carbocycles. The van der Waals surface area contributed by atoms with E-state index in [9.17, 15) is 19.2 Å². The van der Waals surface area contributed by atoms with Crippen LogP contribution in [0.1, 0.15) is 24.2 Å². The molecule has 28 heavy (non-hydrogen) atoms. The minimum absolute atomic E-state index is 0.202. The molecule has 8 heteroatoms. The fourth-order valence-electron chi connectivity index (χ4n) is 3.04. The van der Waals surface area contributed by atoms with Gasteiger partial charge in [0.25, 0.3) is 5.91 Å². The largest absolute Gasteiger partial charge is 0.332 e. The number of rotatable bonds is 5. The number of amides is 4. The van der Waals surface area contributed by atoms with Crippen LogP contribution in [0.25, 0.3) is 0 Å². The van der Waals surface area contributed by atoms with E-state index in [1.54, 1.807) is 55.5 Å². The maximum Gasteiger partial charge on any atom is 0.332 e. The number of carbonyl (C=O) groups is 4. The Morgan fingerprint density at radius 3 is 2.36 bits per heavy atom. The van der Waals surface area contributed by atoms with Crippen molar-refractivity contribution in [2.45, 2.75) is 19.9 Å². The first-order valence-corrected chi connectivity index (χ1v) is 8.97. The Bertz CT molecular complexity index is 958. The molecule has 0 unspecified atom stereocenters. The Hall–Kier alpha value is -3.19. The minimum atomic E-state index is -0.744. The van der Waals surface area contributed by atoms with Gasteiger partial charge >= 0.3 is 6.03 Å². The average Bonchev–Trinajstić information content (AvgIpc) is 2.86. The first kappa shape index (κ1) is 19.6. The number of nitrogens with zero attached hydrogens (tertiary/aromatic N) is 2. The van der Waals surface area contributed by atoms with Gasteiger partial charge in [0, 0.05) is 16.3 Å². The van der Waals surface area contributed by atoms with Crippen molar-refractivity contribution in [2.24, 2.45) is 0 Å². The summed E-state index contributed by atoms with van der Waals surface area (Å²) in [5, 5.41) is 3.10.